The zero-order chi connectivity index (χ0) is 26.0. The van der Waals surface area contributed by atoms with Gasteiger partial charge in [0.25, 0.3) is 5.91 Å². The zero-order valence-corrected chi connectivity index (χ0v) is 21.2. The van der Waals surface area contributed by atoms with E-state index in [2.05, 4.69) is 22.9 Å². The van der Waals surface area contributed by atoms with Crippen molar-refractivity contribution < 1.29 is 14.4 Å². The molecule has 4 rings (SSSR count). The Kier molecular flexibility index (Phi) is 8.92. The third-order valence-electron chi connectivity index (χ3n) is 6.59. The van der Waals surface area contributed by atoms with E-state index < -0.39 is 0 Å². The quantitative estimate of drug-likeness (QED) is 0.379. The van der Waals surface area contributed by atoms with Crippen LogP contribution in [0.15, 0.2) is 78.9 Å². The van der Waals surface area contributed by atoms with Gasteiger partial charge in [0.2, 0.25) is 11.8 Å². The van der Waals surface area contributed by atoms with E-state index in [0.29, 0.717) is 35.7 Å². The highest BCUT2D eigenvalue weighted by molar-refractivity contribution is 5.97. The third kappa shape index (κ3) is 7.93. The first-order chi connectivity index (χ1) is 18.0. The molecule has 3 aromatic rings. The number of rotatable bonds is 9. The molecule has 3 amide bonds. The van der Waals surface area contributed by atoms with Crippen LogP contribution in [0.1, 0.15) is 42.1 Å². The van der Waals surface area contributed by atoms with Crippen molar-refractivity contribution in [3.63, 3.8) is 0 Å². The van der Waals surface area contributed by atoms with Crippen LogP contribution in [-0.4, -0.2) is 42.3 Å². The molecule has 1 fully saturated rings. The van der Waals surface area contributed by atoms with E-state index in [1.165, 1.54) is 0 Å². The van der Waals surface area contributed by atoms with Gasteiger partial charge in [-0.15, -0.1) is 0 Å². The summed E-state index contributed by atoms with van der Waals surface area (Å²) in [6.45, 7) is 3.91. The summed E-state index contributed by atoms with van der Waals surface area (Å²) in [7, 11) is 0. The van der Waals surface area contributed by atoms with Gasteiger partial charge in [-0.05, 0) is 79.3 Å². The van der Waals surface area contributed by atoms with Gasteiger partial charge in [-0.2, -0.15) is 0 Å². The van der Waals surface area contributed by atoms with Gasteiger partial charge < -0.3 is 20.9 Å². The average molecular weight is 499 g/mol. The van der Waals surface area contributed by atoms with Crippen LogP contribution >= 0.6 is 0 Å². The normalized spacial score (nSPS) is 13.6. The maximum atomic E-state index is 12.7. The molecule has 0 spiro atoms. The Labute approximate surface area is 218 Å². The van der Waals surface area contributed by atoms with Crippen molar-refractivity contribution in [2.75, 3.05) is 35.6 Å². The largest absolute Gasteiger partial charge is 0.376 e. The molecule has 1 saturated heterocycles. The number of anilines is 3. The molecule has 37 heavy (non-hydrogen) atoms. The summed E-state index contributed by atoms with van der Waals surface area (Å²) < 4.78 is 0. The van der Waals surface area contributed by atoms with Crippen molar-refractivity contribution in [3.05, 3.63) is 90.0 Å². The highest BCUT2D eigenvalue weighted by atomic mass is 16.2. The lowest BCUT2D eigenvalue weighted by Crippen LogP contribution is -2.37. The van der Waals surface area contributed by atoms with Crippen molar-refractivity contribution in [1.82, 2.24) is 4.90 Å². The second-order valence-electron chi connectivity index (χ2n) is 9.56. The van der Waals surface area contributed by atoms with Crippen LogP contribution in [0.3, 0.4) is 0 Å². The predicted molar refractivity (Wildman–Crippen MR) is 148 cm³/mol. The van der Waals surface area contributed by atoms with Crippen molar-refractivity contribution in [3.8, 4) is 0 Å². The molecule has 3 N–H and O–H groups in total. The van der Waals surface area contributed by atoms with Gasteiger partial charge in [-0.3, -0.25) is 14.4 Å². The van der Waals surface area contributed by atoms with Gasteiger partial charge in [0, 0.05) is 42.1 Å². The van der Waals surface area contributed by atoms with E-state index in [-0.39, 0.29) is 24.3 Å². The number of benzene rings is 3. The smallest absolute Gasteiger partial charge is 0.253 e. The molecule has 192 valence electrons. The van der Waals surface area contributed by atoms with Crippen molar-refractivity contribution >= 4 is 34.8 Å². The summed E-state index contributed by atoms with van der Waals surface area (Å²) >= 11 is 0. The molecule has 0 unspecified atom stereocenters. The SMILES string of the molecule is CC1CCN(C(=O)c2ccc(NC(=O)CNc3ccc(NC(=O)CCc4ccccc4)cc3)cc2)CC1. The molecule has 0 aromatic heterocycles. The Morgan fingerprint density at radius 1 is 0.757 bits per heavy atom. The topological polar surface area (TPSA) is 90.5 Å². The van der Waals surface area contributed by atoms with Crippen molar-refractivity contribution in [1.29, 1.82) is 0 Å². The van der Waals surface area contributed by atoms with Gasteiger partial charge in [0.1, 0.15) is 0 Å². The summed E-state index contributed by atoms with van der Waals surface area (Å²) in [6.07, 6.45) is 3.19. The van der Waals surface area contributed by atoms with Gasteiger partial charge in [0.05, 0.1) is 6.54 Å². The standard InChI is InChI=1S/C30H34N4O3/c1-22-17-19-34(20-18-22)30(37)24-8-10-26(11-9-24)33-29(36)21-31-25-12-14-27(15-13-25)32-28(35)16-7-23-5-3-2-4-6-23/h2-6,8-15,22,31H,7,16-21H2,1H3,(H,32,35)(H,33,36). The molecular formula is C30H34N4O3. The highest BCUT2D eigenvalue weighted by Crippen LogP contribution is 2.19. The number of likely N-dealkylation sites (tertiary alicyclic amines) is 1. The maximum Gasteiger partial charge on any atom is 0.253 e. The monoisotopic (exact) mass is 498 g/mol. The fourth-order valence-corrected chi connectivity index (χ4v) is 4.28. The van der Waals surface area contributed by atoms with Crippen molar-refractivity contribution in [2.45, 2.75) is 32.6 Å². The maximum absolute atomic E-state index is 12.7. The number of carbonyl (C=O) groups excluding carboxylic acids is 3. The fourth-order valence-electron chi connectivity index (χ4n) is 4.28. The molecule has 0 radical (unpaired) electrons. The number of nitrogens with zero attached hydrogens (tertiary/aromatic N) is 1. The van der Waals surface area contributed by atoms with E-state index >= 15 is 0 Å². The number of carbonyl (C=O) groups is 3. The van der Waals surface area contributed by atoms with Crippen LogP contribution in [-0.2, 0) is 16.0 Å². The summed E-state index contributed by atoms with van der Waals surface area (Å²) in [6, 6.07) is 24.2. The first-order valence-electron chi connectivity index (χ1n) is 12.8. The molecule has 7 nitrogen and oxygen atoms in total. The Hall–Kier alpha value is -4.13. The van der Waals surface area contributed by atoms with Crippen LogP contribution in [0.2, 0.25) is 0 Å². The molecule has 1 heterocycles. The van der Waals surface area contributed by atoms with Gasteiger partial charge in [-0.1, -0.05) is 37.3 Å². The number of amides is 3. The minimum absolute atomic E-state index is 0.0396. The lowest BCUT2D eigenvalue weighted by atomic mass is 9.98. The van der Waals surface area contributed by atoms with Crippen LogP contribution in [0.4, 0.5) is 17.1 Å². The number of aryl methyl sites for hydroxylation is 1. The van der Waals surface area contributed by atoms with Crippen molar-refractivity contribution in [2.24, 2.45) is 5.92 Å². The van der Waals surface area contributed by atoms with Gasteiger partial charge >= 0.3 is 0 Å². The fraction of sp³-hybridized carbons (Fsp3) is 0.300. The summed E-state index contributed by atoms with van der Waals surface area (Å²) in [5, 5.41) is 8.83. The number of hydrogen-bond acceptors (Lipinski definition) is 4. The number of nitrogens with one attached hydrogen (secondary N) is 3. The van der Waals surface area contributed by atoms with Gasteiger partial charge in [-0.25, -0.2) is 0 Å². The molecule has 1 aliphatic rings. The lowest BCUT2D eigenvalue weighted by Gasteiger charge is -2.30. The lowest BCUT2D eigenvalue weighted by molar-refractivity contribution is -0.116. The van der Waals surface area contributed by atoms with E-state index in [1.54, 1.807) is 36.4 Å². The van der Waals surface area contributed by atoms with E-state index in [9.17, 15) is 14.4 Å². The Morgan fingerprint density at radius 2 is 1.32 bits per heavy atom. The molecular weight excluding hydrogens is 464 g/mol. The number of hydrogen-bond donors (Lipinski definition) is 3. The first-order valence-corrected chi connectivity index (χ1v) is 12.8. The second kappa shape index (κ2) is 12.7. The zero-order valence-electron chi connectivity index (χ0n) is 21.2. The molecule has 0 aliphatic carbocycles. The predicted octanol–water partition coefficient (Wildman–Crippen LogP) is 5.18. The summed E-state index contributed by atoms with van der Waals surface area (Å²) in [5.74, 6) is 0.482. The molecule has 7 heteroatoms. The third-order valence-corrected chi connectivity index (χ3v) is 6.59. The number of piperidine rings is 1. The van der Waals surface area contributed by atoms with Crippen LogP contribution in [0.5, 0.6) is 0 Å². The highest BCUT2D eigenvalue weighted by Gasteiger charge is 2.21. The molecule has 0 atom stereocenters. The minimum atomic E-state index is -0.192. The Bertz CT molecular complexity index is 1190. The van der Waals surface area contributed by atoms with E-state index in [0.717, 1.165) is 37.2 Å². The molecule has 1 aliphatic heterocycles. The van der Waals surface area contributed by atoms with E-state index in [1.807, 2.05) is 47.4 Å². The first kappa shape index (κ1) is 25.9. The molecule has 0 bridgehead atoms. The molecule has 0 saturated carbocycles. The van der Waals surface area contributed by atoms with E-state index in [4.69, 9.17) is 0 Å². The van der Waals surface area contributed by atoms with Crippen LogP contribution in [0, 0.1) is 5.92 Å². The summed E-state index contributed by atoms with van der Waals surface area (Å²) in [5.41, 5.74) is 3.89. The average Bonchev–Trinajstić information content (AvgIpc) is 2.92. The molecule has 3 aromatic carbocycles. The minimum Gasteiger partial charge on any atom is -0.376 e. The second-order valence-corrected chi connectivity index (χ2v) is 9.56. The summed E-state index contributed by atoms with van der Waals surface area (Å²) in [4.78, 5) is 39.2. The van der Waals surface area contributed by atoms with Crippen LogP contribution in [0.25, 0.3) is 0 Å². The Morgan fingerprint density at radius 3 is 1.97 bits per heavy atom. The van der Waals surface area contributed by atoms with Crippen LogP contribution < -0.4 is 16.0 Å². The van der Waals surface area contributed by atoms with Gasteiger partial charge in [0.15, 0.2) is 0 Å². The Balaban J connectivity index is 1.18.